The van der Waals surface area contributed by atoms with Crippen LogP contribution in [0.3, 0.4) is 0 Å². The van der Waals surface area contributed by atoms with Gasteiger partial charge < -0.3 is 15.3 Å². The van der Waals surface area contributed by atoms with E-state index in [0.29, 0.717) is 5.56 Å². The van der Waals surface area contributed by atoms with Crippen LogP contribution in [0.5, 0.6) is 5.88 Å². The summed E-state index contributed by atoms with van der Waals surface area (Å²) in [4.78, 5) is 17.0. The largest absolute Gasteiger partial charge is 0.492 e. The van der Waals surface area contributed by atoms with Gasteiger partial charge in [-0.15, -0.1) is 0 Å². The normalized spacial score (nSPS) is 14.6. The Morgan fingerprint density at radius 1 is 1.33 bits per heavy atom. The van der Waals surface area contributed by atoms with Gasteiger partial charge in [-0.1, -0.05) is 0 Å². The van der Waals surface area contributed by atoms with E-state index in [9.17, 15) is 36.2 Å². The number of alkyl halides is 6. The van der Waals surface area contributed by atoms with Crippen molar-refractivity contribution in [2.45, 2.75) is 51.1 Å². The van der Waals surface area contributed by atoms with Crippen LogP contribution in [0.15, 0.2) is 16.7 Å². The van der Waals surface area contributed by atoms with Crippen LogP contribution in [0, 0.1) is 0 Å². The molecule has 0 saturated carbocycles. The van der Waals surface area contributed by atoms with Crippen LogP contribution >= 0.6 is 15.9 Å². The topological polar surface area (TPSA) is 65.5 Å². The third kappa shape index (κ3) is 7.07. The quantitative estimate of drug-likeness (QED) is 0.586. The summed E-state index contributed by atoms with van der Waals surface area (Å²) in [5.41, 5.74) is 0.413. The Morgan fingerprint density at radius 3 is 2.37 bits per heavy atom. The number of pyridine rings is 1. The predicted octanol–water partition coefficient (Wildman–Crippen LogP) is 4.92. The van der Waals surface area contributed by atoms with Gasteiger partial charge in [0.15, 0.2) is 0 Å². The van der Waals surface area contributed by atoms with E-state index in [-0.39, 0.29) is 16.9 Å². The van der Waals surface area contributed by atoms with Crippen LogP contribution in [0.1, 0.15) is 38.3 Å². The van der Waals surface area contributed by atoms with Crippen molar-refractivity contribution in [2.24, 2.45) is 0 Å². The van der Waals surface area contributed by atoms with Crippen molar-refractivity contribution < 1.29 is 36.2 Å². The molecule has 0 aromatic carbocycles. The standard InChI is InChI=1S/C15H18BrF6N3O2/c1-3-25(8(2)9-6-10(16)12(26)23-7-9)13(27)24-11(15(20,21)22)4-5-14(17,18)19/h6-8,11H,3-5H2,1-2H3,(H,23,26)(H,24,27). The summed E-state index contributed by atoms with van der Waals surface area (Å²) in [5.74, 6) is -0.303. The maximum atomic E-state index is 13.0. The minimum atomic E-state index is -5.02. The molecule has 1 heterocycles. The smallest absolute Gasteiger partial charge is 0.408 e. The van der Waals surface area contributed by atoms with Gasteiger partial charge in [0.05, 0.1) is 10.5 Å². The van der Waals surface area contributed by atoms with Crippen LogP contribution in [-0.4, -0.2) is 46.0 Å². The van der Waals surface area contributed by atoms with Crippen molar-refractivity contribution in [3.8, 4) is 5.88 Å². The van der Waals surface area contributed by atoms with Crippen molar-refractivity contribution in [1.29, 1.82) is 0 Å². The van der Waals surface area contributed by atoms with Crippen LogP contribution in [0.2, 0.25) is 0 Å². The van der Waals surface area contributed by atoms with Crippen LogP contribution < -0.4 is 5.32 Å². The number of urea groups is 1. The zero-order valence-corrected chi connectivity index (χ0v) is 15.9. The number of carbonyl (C=O) groups is 1. The number of nitrogens with zero attached hydrogens (tertiary/aromatic N) is 2. The first-order valence-corrected chi connectivity index (χ1v) is 8.60. The molecule has 0 aliphatic carbocycles. The van der Waals surface area contributed by atoms with Crippen molar-refractivity contribution in [3.63, 3.8) is 0 Å². The molecule has 154 valence electrons. The summed E-state index contributed by atoms with van der Waals surface area (Å²) in [6.45, 7) is 3.02. The number of hydrogen-bond acceptors (Lipinski definition) is 3. The molecule has 1 aromatic heterocycles. The van der Waals surface area contributed by atoms with Crippen molar-refractivity contribution in [2.75, 3.05) is 6.54 Å². The number of rotatable bonds is 6. The van der Waals surface area contributed by atoms with Crippen molar-refractivity contribution in [3.05, 3.63) is 22.3 Å². The van der Waals surface area contributed by atoms with Gasteiger partial charge in [-0.25, -0.2) is 9.78 Å². The van der Waals surface area contributed by atoms with E-state index >= 15 is 0 Å². The number of halogens is 7. The fourth-order valence-corrected chi connectivity index (χ4v) is 2.67. The molecule has 2 N–H and O–H groups in total. The van der Waals surface area contributed by atoms with Gasteiger partial charge in [0.1, 0.15) is 6.04 Å². The highest BCUT2D eigenvalue weighted by atomic mass is 79.9. The maximum absolute atomic E-state index is 13.0. The number of hydrogen-bond donors (Lipinski definition) is 2. The molecule has 0 fully saturated rings. The zero-order valence-electron chi connectivity index (χ0n) is 14.3. The molecule has 1 aromatic rings. The number of nitrogens with one attached hydrogen (secondary N) is 1. The molecule has 0 aliphatic rings. The molecule has 0 saturated heterocycles. The predicted molar refractivity (Wildman–Crippen MR) is 88.1 cm³/mol. The maximum Gasteiger partial charge on any atom is 0.408 e. The van der Waals surface area contributed by atoms with Gasteiger partial charge in [0.2, 0.25) is 5.88 Å². The first kappa shape index (κ1) is 23.3. The van der Waals surface area contributed by atoms with E-state index in [2.05, 4.69) is 20.9 Å². The van der Waals surface area contributed by atoms with Gasteiger partial charge in [0, 0.05) is 19.2 Å². The highest BCUT2D eigenvalue weighted by Gasteiger charge is 2.43. The van der Waals surface area contributed by atoms with E-state index in [0.717, 1.165) is 4.90 Å². The van der Waals surface area contributed by atoms with Gasteiger partial charge >= 0.3 is 18.4 Å². The molecule has 0 bridgehead atoms. The average molecular weight is 466 g/mol. The monoisotopic (exact) mass is 465 g/mol. The molecule has 2 amide bonds. The summed E-state index contributed by atoms with van der Waals surface area (Å²) < 4.78 is 76.0. The van der Waals surface area contributed by atoms with E-state index in [4.69, 9.17) is 0 Å². The lowest BCUT2D eigenvalue weighted by Crippen LogP contribution is -2.51. The van der Waals surface area contributed by atoms with Gasteiger partial charge in [-0.05, 0) is 47.8 Å². The van der Waals surface area contributed by atoms with Crippen molar-refractivity contribution >= 4 is 22.0 Å². The third-order valence-corrected chi connectivity index (χ3v) is 4.39. The summed E-state index contributed by atoms with van der Waals surface area (Å²) in [6, 6.07) is -3.08. The summed E-state index contributed by atoms with van der Waals surface area (Å²) >= 11 is 3.04. The minimum absolute atomic E-state index is 0.00462. The molecular formula is C15H18BrF6N3O2. The molecule has 12 heteroatoms. The third-order valence-electron chi connectivity index (χ3n) is 3.80. The zero-order chi connectivity index (χ0) is 21.0. The van der Waals surface area contributed by atoms with E-state index < -0.39 is 43.3 Å². The van der Waals surface area contributed by atoms with Gasteiger partial charge in [-0.3, -0.25) is 0 Å². The molecule has 5 nitrogen and oxygen atoms in total. The van der Waals surface area contributed by atoms with E-state index in [1.165, 1.54) is 26.1 Å². The summed E-state index contributed by atoms with van der Waals surface area (Å²) in [7, 11) is 0. The lowest BCUT2D eigenvalue weighted by molar-refractivity contribution is -0.171. The highest BCUT2D eigenvalue weighted by Crippen LogP contribution is 2.30. The second kappa shape index (κ2) is 8.98. The minimum Gasteiger partial charge on any atom is -0.492 e. The fraction of sp³-hybridized carbons (Fsp3) is 0.600. The summed E-state index contributed by atoms with van der Waals surface area (Å²) in [5, 5.41) is 11.0. The Kier molecular flexibility index (Phi) is 7.76. The number of carbonyl (C=O) groups excluding carboxylic acids is 1. The van der Waals surface area contributed by atoms with Gasteiger partial charge in [-0.2, -0.15) is 26.3 Å². The van der Waals surface area contributed by atoms with Crippen molar-refractivity contribution in [1.82, 2.24) is 15.2 Å². The highest BCUT2D eigenvalue weighted by molar-refractivity contribution is 9.10. The van der Waals surface area contributed by atoms with Crippen LogP contribution in [-0.2, 0) is 0 Å². The molecule has 0 radical (unpaired) electrons. The van der Waals surface area contributed by atoms with Crippen LogP contribution in [0.4, 0.5) is 31.1 Å². The lowest BCUT2D eigenvalue weighted by Gasteiger charge is -2.31. The molecule has 2 unspecified atom stereocenters. The Labute approximate surface area is 159 Å². The Hall–Kier alpha value is -1.72. The molecule has 27 heavy (non-hydrogen) atoms. The molecule has 2 atom stereocenters. The first-order chi connectivity index (χ1) is 12.3. The SMILES string of the molecule is CCN(C(=O)NC(CCC(F)(F)F)C(F)(F)F)C(C)c1cnc(O)c(Br)c1. The van der Waals surface area contributed by atoms with E-state index in [1.54, 1.807) is 5.32 Å². The van der Waals surface area contributed by atoms with E-state index in [1.807, 2.05) is 0 Å². The Morgan fingerprint density at radius 2 is 1.93 bits per heavy atom. The number of aromatic nitrogens is 1. The molecule has 1 rings (SSSR count). The molecular weight excluding hydrogens is 448 g/mol. The lowest BCUT2D eigenvalue weighted by atomic mass is 10.1. The number of amides is 2. The first-order valence-electron chi connectivity index (χ1n) is 7.81. The average Bonchev–Trinajstić information content (AvgIpc) is 2.52. The number of aromatic hydroxyl groups is 1. The van der Waals surface area contributed by atoms with Crippen LogP contribution in [0.25, 0.3) is 0 Å². The molecule has 0 aliphatic heterocycles. The Bertz CT molecular complexity index is 653. The summed E-state index contributed by atoms with van der Waals surface area (Å²) in [6.07, 6.45) is -11.5. The second-order valence-corrected chi connectivity index (χ2v) is 6.59. The second-order valence-electron chi connectivity index (χ2n) is 5.73. The fourth-order valence-electron chi connectivity index (χ4n) is 2.30. The van der Waals surface area contributed by atoms with Gasteiger partial charge in [0.25, 0.3) is 0 Å². The Balaban J connectivity index is 2.94. The molecule has 0 spiro atoms.